The number of anilines is 1. The molecule has 6 heteroatoms. The van der Waals surface area contributed by atoms with Crippen LogP contribution in [0.3, 0.4) is 0 Å². The van der Waals surface area contributed by atoms with Gasteiger partial charge in [0.2, 0.25) is 5.91 Å². The highest BCUT2D eigenvalue weighted by Gasteiger charge is 2.28. The van der Waals surface area contributed by atoms with E-state index in [-0.39, 0.29) is 24.6 Å². The topological polar surface area (TPSA) is 93.2 Å². The molecule has 0 radical (unpaired) electrons. The van der Waals surface area contributed by atoms with E-state index in [0.29, 0.717) is 18.7 Å². The van der Waals surface area contributed by atoms with Crippen molar-refractivity contribution in [2.75, 3.05) is 5.73 Å². The largest absolute Gasteiger partial charge is 0.393 e. The molecule has 1 fully saturated rings. The number of aromatic nitrogens is 2. The van der Waals surface area contributed by atoms with Gasteiger partial charge in [0.25, 0.3) is 0 Å². The minimum absolute atomic E-state index is 0.102. The fourth-order valence-corrected chi connectivity index (χ4v) is 1.59. The second-order valence-electron chi connectivity index (χ2n) is 3.83. The monoisotopic (exact) mass is 210 g/mol. The lowest BCUT2D eigenvalue weighted by molar-refractivity contribution is -0.123. The molecule has 4 N–H and O–H groups in total. The lowest BCUT2D eigenvalue weighted by Crippen LogP contribution is -2.47. The van der Waals surface area contributed by atoms with Crippen LogP contribution in [0.2, 0.25) is 0 Å². The van der Waals surface area contributed by atoms with Crippen molar-refractivity contribution < 1.29 is 9.90 Å². The van der Waals surface area contributed by atoms with Crippen LogP contribution in [0.1, 0.15) is 12.8 Å². The molecule has 6 nitrogen and oxygen atoms in total. The summed E-state index contributed by atoms with van der Waals surface area (Å²) in [7, 11) is 0. The summed E-state index contributed by atoms with van der Waals surface area (Å²) in [6.07, 6.45) is 2.69. The Balaban J connectivity index is 1.77. The van der Waals surface area contributed by atoms with Crippen LogP contribution in [0.15, 0.2) is 12.3 Å². The highest BCUT2D eigenvalue weighted by atomic mass is 16.3. The van der Waals surface area contributed by atoms with Gasteiger partial charge in [0.05, 0.1) is 6.10 Å². The van der Waals surface area contributed by atoms with Gasteiger partial charge < -0.3 is 16.2 Å². The average Bonchev–Trinajstić information content (AvgIpc) is 2.48. The average molecular weight is 210 g/mol. The lowest BCUT2D eigenvalue weighted by atomic mass is 9.89. The number of aliphatic hydroxyl groups is 1. The standard InChI is InChI=1S/C9H14N4O2/c10-8-1-2-13(12-8)5-9(15)11-6-3-7(14)4-6/h1-2,6-7,14H,3-5H2,(H2,10,12)(H,11,15). The Labute approximate surface area is 87.1 Å². The summed E-state index contributed by atoms with van der Waals surface area (Å²) in [6.45, 7) is 0.170. The molecule has 0 saturated heterocycles. The van der Waals surface area contributed by atoms with E-state index in [1.807, 2.05) is 0 Å². The maximum Gasteiger partial charge on any atom is 0.241 e. The number of carbonyl (C=O) groups excluding carboxylic acids is 1. The van der Waals surface area contributed by atoms with Gasteiger partial charge in [-0.25, -0.2) is 0 Å². The summed E-state index contributed by atoms with van der Waals surface area (Å²) >= 11 is 0. The third kappa shape index (κ3) is 2.47. The number of hydrogen-bond donors (Lipinski definition) is 3. The van der Waals surface area contributed by atoms with Gasteiger partial charge in [0, 0.05) is 12.2 Å². The molecule has 1 amide bonds. The van der Waals surface area contributed by atoms with Gasteiger partial charge in [-0.15, -0.1) is 0 Å². The predicted octanol–water partition coefficient (Wildman–Crippen LogP) is -0.895. The quantitative estimate of drug-likeness (QED) is 0.603. The van der Waals surface area contributed by atoms with Crippen molar-refractivity contribution in [1.29, 1.82) is 0 Å². The van der Waals surface area contributed by atoms with Gasteiger partial charge in [-0.2, -0.15) is 5.10 Å². The second-order valence-corrected chi connectivity index (χ2v) is 3.83. The van der Waals surface area contributed by atoms with Gasteiger partial charge in [0.15, 0.2) is 0 Å². The predicted molar refractivity (Wildman–Crippen MR) is 53.8 cm³/mol. The van der Waals surface area contributed by atoms with Crippen LogP contribution in [0, 0.1) is 0 Å². The Morgan fingerprint density at radius 2 is 2.47 bits per heavy atom. The summed E-state index contributed by atoms with van der Waals surface area (Å²) < 4.78 is 1.49. The molecular formula is C9H14N4O2. The molecule has 15 heavy (non-hydrogen) atoms. The van der Waals surface area contributed by atoms with Crippen molar-refractivity contribution in [2.45, 2.75) is 31.5 Å². The van der Waals surface area contributed by atoms with Gasteiger partial charge >= 0.3 is 0 Å². The molecule has 0 bridgehead atoms. The molecule has 0 atom stereocenters. The first-order chi connectivity index (χ1) is 7.13. The van der Waals surface area contributed by atoms with Crippen LogP contribution in [0.5, 0.6) is 0 Å². The first-order valence-corrected chi connectivity index (χ1v) is 4.90. The van der Waals surface area contributed by atoms with E-state index in [0.717, 1.165) is 0 Å². The number of amides is 1. The van der Waals surface area contributed by atoms with Crippen molar-refractivity contribution >= 4 is 11.7 Å². The number of nitrogens with zero attached hydrogens (tertiary/aromatic N) is 2. The van der Waals surface area contributed by atoms with E-state index in [2.05, 4.69) is 10.4 Å². The summed E-state index contributed by atoms with van der Waals surface area (Å²) in [6, 6.07) is 1.75. The normalized spacial score (nSPS) is 24.6. The SMILES string of the molecule is Nc1ccn(CC(=O)NC2CC(O)C2)n1. The molecule has 82 valence electrons. The highest BCUT2D eigenvalue weighted by Crippen LogP contribution is 2.19. The Hall–Kier alpha value is -1.56. The van der Waals surface area contributed by atoms with E-state index in [4.69, 9.17) is 10.8 Å². The maximum absolute atomic E-state index is 11.4. The number of nitrogens with one attached hydrogen (secondary N) is 1. The molecule has 1 saturated carbocycles. The number of rotatable bonds is 3. The van der Waals surface area contributed by atoms with Crippen LogP contribution < -0.4 is 11.1 Å². The van der Waals surface area contributed by atoms with E-state index in [9.17, 15) is 4.79 Å². The van der Waals surface area contributed by atoms with E-state index < -0.39 is 0 Å². The zero-order chi connectivity index (χ0) is 10.8. The Morgan fingerprint density at radius 1 is 1.73 bits per heavy atom. The molecular weight excluding hydrogens is 196 g/mol. The summed E-state index contributed by atoms with van der Waals surface area (Å²) in [5.41, 5.74) is 5.41. The Morgan fingerprint density at radius 3 is 3.00 bits per heavy atom. The minimum Gasteiger partial charge on any atom is -0.393 e. The number of carbonyl (C=O) groups is 1. The van der Waals surface area contributed by atoms with Crippen molar-refractivity contribution in [3.63, 3.8) is 0 Å². The number of hydrogen-bond acceptors (Lipinski definition) is 4. The Bertz CT molecular complexity index is 357. The number of nitrogens with two attached hydrogens (primary N) is 1. The van der Waals surface area contributed by atoms with E-state index in [1.54, 1.807) is 12.3 Å². The van der Waals surface area contributed by atoms with Gasteiger partial charge in [-0.05, 0) is 18.9 Å². The van der Waals surface area contributed by atoms with Gasteiger partial charge in [0.1, 0.15) is 12.4 Å². The fraction of sp³-hybridized carbons (Fsp3) is 0.556. The fourth-order valence-electron chi connectivity index (χ4n) is 1.59. The lowest BCUT2D eigenvalue weighted by Gasteiger charge is -2.31. The molecule has 2 rings (SSSR count). The smallest absolute Gasteiger partial charge is 0.241 e. The molecule has 1 aliphatic carbocycles. The van der Waals surface area contributed by atoms with Gasteiger partial charge in [-0.3, -0.25) is 9.48 Å². The van der Waals surface area contributed by atoms with Crippen molar-refractivity contribution in [3.05, 3.63) is 12.3 Å². The first-order valence-electron chi connectivity index (χ1n) is 4.90. The van der Waals surface area contributed by atoms with Crippen molar-refractivity contribution in [3.8, 4) is 0 Å². The third-order valence-corrected chi connectivity index (χ3v) is 2.45. The molecule has 0 spiro atoms. The second kappa shape index (κ2) is 3.90. The summed E-state index contributed by atoms with van der Waals surface area (Å²) in [4.78, 5) is 11.4. The maximum atomic E-state index is 11.4. The van der Waals surface area contributed by atoms with Crippen molar-refractivity contribution in [1.82, 2.24) is 15.1 Å². The van der Waals surface area contributed by atoms with Crippen LogP contribution in [0.25, 0.3) is 0 Å². The molecule has 0 unspecified atom stereocenters. The molecule has 1 aliphatic rings. The first kappa shape index (κ1) is 9.97. The van der Waals surface area contributed by atoms with Crippen LogP contribution in [-0.2, 0) is 11.3 Å². The minimum atomic E-state index is -0.254. The molecule has 0 aromatic carbocycles. The summed E-state index contributed by atoms with van der Waals surface area (Å²) in [5, 5.41) is 15.7. The van der Waals surface area contributed by atoms with E-state index in [1.165, 1.54) is 4.68 Å². The number of aliphatic hydroxyl groups excluding tert-OH is 1. The van der Waals surface area contributed by atoms with Crippen LogP contribution in [0.4, 0.5) is 5.82 Å². The number of nitrogen functional groups attached to an aromatic ring is 1. The Kier molecular flexibility index (Phi) is 2.59. The molecule has 1 aromatic rings. The summed E-state index contributed by atoms with van der Waals surface area (Å²) in [5.74, 6) is 0.303. The highest BCUT2D eigenvalue weighted by molar-refractivity contribution is 5.76. The third-order valence-electron chi connectivity index (χ3n) is 2.45. The van der Waals surface area contributed by atoms with Crippen LogP contribution in [-0.4, -0.2) is 32.9 Å². The van der Waals surface area contributed by atoms with Gasteiger partial charge in [-0.1, -0.05) is 0 Å². The zero-order valence-electron chi connectivity index (χ0n) is 8.26. The van der Waals surface area contributed by atoms with Crippen molar-refractivity contribution in [2.24, 2.45) is 0 Å². The zero-order valence-corrected chi connectivity index (χ0v) is 8.26. The molecule has 1 heterocycles. The van der Waals surface area contributed by atoms with Crippen LogP contribution >= 0.6 is 0 Å². The molecule has 1 aromatic heterocycles. The van der Waals surface area contributed by atoms with E-state index >= 15 is 0 Å². The molecule has 0 aliphatic heterocycles.